The molecule has 2 rings (SSSR count). The average molecular weight is 225 g/mol. The van der Waals surface area contributed by atoms with Crippen LogP contribution in [0.1, 0.15) is 18.2 Å². The van der Waals surface area contributed by atoms with Crippen LogP contribution in [0.15, 0.2) is 12.4 Å². The minimum absolute atomic E-state index is 0.347. The van der Waals surface area contributed by atoms with Crippen LogP contribution < -0.4 is 5.32 Å². The summed E-state index contributed by atoms with van der Waals surface area (Å²) in [6, 6.07) is 0. The third-order valence-electron chi connectivity index (χ3n) is 2.67. The Balaban J connectivity index is 1.93. The first-order valence-corrected chi connectivity index (χ1v) is 5.33. The van der Waals surface area contributed by atoms with Crippen molar-refractivity contribution in [1.29, 1.82) is 0 Å². The van der Waals surface area contributed by atoms with Gasteiger partial charge in [-0.05, 0) is 6.42 Å². The largest absolute Gasteiger partial charge is 0.465 e. The highest BCUT2D eigenvalue weighted by molar-refractivity contribution is 5.64. The molecule has 1 aliphatic rings. The lowest BCUT2D eigenvalue weighted by Crippen LogP contribution is -2.26. The Hall–Kier alpha value is -1.56. The van der Waals surface area contributed by atoms with Gasteiger partial charge in [-0.1, -0.05) is 0 Å². The number of nitrogens with one attached hydrogen (secondary N) is 1. The van der Waals surface area contributed by atoms with Crippen LogP contribution in [0.25, 0.3) is 0 Å². The van der Waals surface area contributed by atoms with Crippen molar-refractivity contribution in [3.05, 3.63) is 18.2 Å². The summed E-state index contributed by atoms with van der Waals surface area (Å²) < 4.78 is 7.30. The van der Waals surface area contributed by atoms with Gasteiger partial charge in [0, 0.05) is 38.0 Å². The van der Waals surface area contributed by atoms with Crippen LogP contribution in [-0.2, 0) is 11.3 Å². The van der Waals surface area contributed by atoms with Crippen molar-refractivity contribution in [1.82, 2.24) is 14.9 Å². The van der Waals surface area contributed by atoms with Gasteiger partial charge in [-0.25, -0.2) is 9.78 Å². The molecule has 2 N–H and O–H groups in total. The summed E-state index contributed by atoms with van der Waals surface area (Å²) in [5.41, 5.74) is 0. The average Bonchev–Trinajstić information content (AvgIpc) is 2.84. The zero-order chi connectivity index (χ0) is 11.4. The maximum absolute atomic E-state index is 10.3. The van der Waals surface area contributed by atoms with E-state index in [4.69, 9.17) is 9.84 Å². The molecule has 0 spiro atoms. The number of amides is 1. The van der Waals surface area contributed by atoms with E-state index in [0.29, 0.717) is 25.6 Å². The van der Waals surface area contributed by atoms with Gasteiger partial charge in [0.15, 0.2) is 0 Å². The van der Waals surface area contributed by atoms with E-state index < -0.39 is 6.09 Å². The van der Waals surface area contributed by atoms with Crippen LogP contribution in [0.3, 0.4) is 0 Å². The van der Waals surface area contributed by atoms with E-state index in [-0.39, 0.29) is 0 Å². The number of imidazole rings is 1. The molecule has 0 bridgehead atoms. The highest BCUT2D eigenvalue weighted by atomic mass is 16.5. The molecule has 88 valence electrons. The van der Waals surface area contributed by atoms with Crippen molar-refractivity contribution in [2.45, 2.75) is 18.9 Å². The molecule has 2 heterocycles. The Labute approximate surface area is 93.2 Å². The van der Waals surface area contributed by atoms with Crippen LogP contribution >= 0.6 is 0 Å². The molecular weight excluding hydrogens is 210 g/mol. The van der Waals surface area contributed by atoms with Gasteiger partial charge < -0.3 is 19.7 Å². The van der Waals surface area contributed by atoms with E-state index in [9.17, 15) is 4.79 Å². The molecule has 1 amide bonds. The van der Waals surface area contributed by atoms with E-state index in [1.54, 1.807) is 6.20 Å². The van der Waals surface area contributed by atoms with Gasteiger partial charge in [0.25, 0.3) is 0 Å². The second-order valence-electron chi connectivity index (χ2n) is 3.77. The number of carboxylic acid groups (broad SMARTS) is 1. The van der Waals surface area contributed by atoms with Crippen LogP contribution in [0, 0.1) is 0 Å². The Kier molecular flexibility index (Phi) is 3.40. The number of aromatic nitrogens is 2. The molecule has 1 unspecified atom stereocenters. The molecule has 0 radical (unpaired) electrons. The molecule has 1 aliphatic heterocycles. The molecule has 0 saturated carbocycles. The number of carbonyl (C=O) groups is 1. The summed E-state index contributed by atoms with van der Waals surface area (Å²) in [6.45, 7) is 2.50. The van der Waals surface area contributed by atoms with E-state index in [0.717, 1.165) is 18.9 Å². The van der Waals surface area contributed by atoms with Gasteiger partial charge in [-0.3, -0.25) is 0 Å². The molecule has 6 heteroatoms. The van der Waals surface area contributed by atoms with Crippen molar-refractivity contribution in [3.8, 4) is 0 Å². The smallest absolute Gasteiger partial charge is 0.404 e. The third kappa shape index (κ3) is 2.52. The highest BCUT2D eigenvalue weighted by Crippen LogP contribution is 2.23. The monoisotopic (exact) mass is 225 g/mol. The standard InChI is InChI=1S/C10H15N3O3/c14-10(15)12-3-5-13-4-2-11-9(13)8-1-6-16-7-8/h2,4,8,12H,1,3,5-7H2,(H,14,15). The summed E-state index contributed by atoms with van der Waals surface area (Å²) in [7, 11) is 0. The minimum Gasteiger partial charge on any atom is -0.465 e. The molecular formula is C10H15N3O3. The number of nitrogens with zero attached hydrogens (tertiary/aromatic N) is 2. The first-order valence-electron chi connectivity index (χ1n) is 5.33. The fourth-order valence-electron chi connectivity index (χ4n) is 1.89. The zero-order valence-corrected chi connectivity index (χ0v) is 8.93. The molecule has 1 fully saturated rings. The number of hydrogen-bond acceptors (Lipinski definition) is 3. The van der Waals surface area contributed by atoms with Gasteiger partial charge in [0.2, 0.25) is 0 Å². The Bertz CT molecular complexity index is 358. The van der Waals surface area contributed by atoms with Gasteiger partial charge in [0.05, 0.1) is 6.61 Å². The SMILES string of the molecule is O=C(O)NCCn1ccnc1C1CCOC1. The molecule has 1 aromatic rings. The van der Waals surface area contributed by atoms with Crippen molar-refractivity contribution in [3.63, 3.8) is 0 Å². The van der Waals surface area contributed by atoms with Crippen molar-refractivity contribution >= 4 is 6.09 Å². The highest BCUT2D eigenvalue weighted by Gasteiger charge is 2.21. The Morgan fingerprint density at radius 1 is 1.75 bits per heavy atom. The molecule has 0 aromatic carbocycles. The van der Waals surface area contributed by atoms with Crippen LogP contribution in [0.5, 0.6) is 0 Å². The maximum Gasteiger partial charge on any atom is 0.404 e. The maximum atomic E-state index is 10.3. The third-order valence-corrected chi connectivity index (χ3v) is 2.67. The summed E-state index contributed by atoms with van der Waals surface area (Å²) in [5.74, 6) is 1.34. The van der Waals surface area contributed by atoms with Gasteiger partial charge in [-0.2, -0.15) is 0 Å². The lowest BCUT2D eigenvalue weighted by atomic mass is 10.1. The Morgan fingerprint density at radius 3 is 3.31 bits per heavy atom. The van der Waals surface area contributed by atoms with E-state index >= 15 is 0 Å². The van der Waals surface area contributed by atoms with E-state index in [1.165, 1.54) is 0 Å². The summed E-state index contributed by atoms with van der Waals surface area (Å²) in [5, 5.41) is 10.8. The lowest BCUT2D eigenvalue weighted by molar-refractivity contribution is 0.191. The van der Waals surface area contributed by atoms with E-state index in [2.05, 4.69) is 10.3 Å². The second-order valence-corrected chi connectivity index (χ2v) is 3.77. The normalized spacial score (nSPS) is 19.9. The molecule has 0 aliphatic carbocycles. The predicted octanol–water partition coefficient (Wildman–Crippen LogP) is 0.655. The number of rotatable bonds is 4. The Morgan fingerprint density at radius 2 is 2.62 bits per heavy atom. The van der Waals surface area contributed by atoms with Crippen molar-refractivity contribution in [2.24, 2.45) is 0 Å². The predicted molar refractivity (Wildman–Crippen MR) is 56.4 cm³/mol. The van der Waals surface area contributed by atoms with Gasteiger partial charge >= 0.3 is 6.09 Å². The number of ether oxygens (including phenoxy) is 1. The fourth-order valence-corrected chi connectivity index (χ4v) is 1.89. The lowest BCUT2D eigenvalue weighted by Gasteiger charge is -2.11. The first kappa shape index (κ1) is 10.9. The van der Waals surface area contributed by atoms with Crippen molar-refractivity contribution < 1.29 is 14.6 Å². The quantitative estimate of drug-likeness (QED) is 0.789. The van der Waals surface area contributed by atoms with Gasteiger partial charge in [0.1, 0.15) is 5.82 Å². The molecule has 1 aromatic heterocycles. The summed E-state index contributed by atoms with van der Waals surface area (Å²) in [6.07, 6.45) is 3.61. The fraction of sp³-hybridized carbons (Fsp3) is 0.600. The van der Waals surface area contributed by atoms with Gasteiger partial charge in [-0.15, -0.1) is 0 Å². The van der Waals surface area contributed by atoms with E-state index in [1.807, 2.05) is 10.8 Å². The van der Waals surface area contributed by atoms with Crippen molar-refractivity contribution in [2.75, 3.05) is 19.8 Å². The van der Waals surface area contributed by atoms with Crippen LogP contribution in [0.4, 0.5) is 4.79 Å². The molecule has 1 saturated heterocycles. The summed E-state index contributed by atoms with van der Waals surface area (Å²) >= 11 is 0. The second kappa shape index (κ2) is 4.98. The molecule has 16 heavy (non-hydrogen) atoms. The minimum atomic E-state index is -0.995. The van der Waals surface area contributed by atoms with Crippen LogP contribution in [0.2, 0.25) is 0 Å². The molecule has 6 nitrogen and oxygen atoms in total. The first-order chi connectivity index (χ1) is 7.77. The zero-order valence-electron chi connectivity index (χ0n) is 8.93. The topological polar surface area (TPSA) is 76.4 Å². The molecule has 1 atom stereocenters. The number of hydrogen-bond donors (Lipinski definition) is 2. The summed E-state index contributed by atoms with van der Waals surface area (Å²) in [4.78, 5) is 14.6. The van der Waals surface area contributed by atoms with Crippen LogP contribution in [-0.4, -0.2) is 40.5 Å².